The molecule has 4 fully saturated rings. The summed E-state index contributed by atoms with van der Waals surface area (Å²) < 4.78 is 11.5. The van der Waals surface area contributed by atoms with Gasteiger partial charge in [-0.05, 0) is 105 Å². The maximum atomic E-state index is 13.0. The van der Waals surface area contributed by atoms with Gasteiger partial charge in [0.1, 0.15) is 18.1 Å². The Kier molecular flexibility index (Phi) is 5.30. The van der Waals surface area contributed by atoms with Crippen molar-refractivity contribution in [2.45, 2.75) is 64.5 Å². The van der Waals surface area contributed by atoms with E-state index in [-0.39, 0.29) is 18.6 Å². The summed E-state index contributed by atoms with van der Waals surface area (Å²) >= 11 is 5.90. The number of benzene rings is 1. The van der Waals surface area contributed by atoms with Crippen molar-refractivity contribution in [3.05, 3.63) is 52.9 Å². The summed E-state index contributed by atoms with van der Waals surface area (Å²) in [5.41, 5.74) is 0.298. The molecule has 1 aromatic heterocycles. The van der Waals surface area contributed by atoms with Gasteiger partial charge in [0, 0.05) is 11.1 Å². The minimum absolute atomic E-state index is 0.102. The van der Waals surface area contributed by atoms with Crippen LogP contribution in [0.5, 0.6) is 5.75 Å². The standard InChI is InChI=1S/C25H30ClNO3/c1-2-23(25-12-16-9-17(13-25)11-18(10-16)14-25)27-24(28)22-8-7-21(30-22)15-29-20-5-3-19(26)4-6-20/h3-8,16-18,23H,2,9-15H2,1H3,(H,27,28). The highest BCUT2D eigenvalue weighted by molar-refractivity contribution is 6.30. The lowest BCUT2D eigenvalue weighted by Crippen LogP contribution is -2.56. The van der Waals surface area contributed by atoms with E-state index in [1.54, 1.807) is 18.2 Å². The summed E-state index contributed by atoms with van der Waals surface area (Å²) in [6.45, 7) is 2.48. The van der Waals surface area contributed by atoms with Crippen molar-refractivity contribution in [1.82, 2.24) is 5.32 Å². The summed E-state index contributed by atoms with van der Waals surface area (Å²) in [4.78, 5) is 13.0. The predicted octanol–water partition coefficient (Wildman–Crippen LogP) is 6.24. The van der Waals surface area contributed by atoms with E-state index in [1.807, 2.05) is 18.2 Å². The molecule has 4 aliphatic carbocycles. The lowest BCUT2D eigenvalue weighted by Gasteiger charge is -2.59. The third-order valence-corrected chi connectivity index (χ3v) is 7.87. The Hall–Kier alpha value is -1.94. The molecule has 5 heteroatoms. The zero-order valence-electron chi connectivity index (χ0n) is 17.5. The van der Waals surface area contributed by atoms with Gasteiger partial charge in [0.2, 0.25) is 0 Å². The van der Waals surface area contributed by atoms with Crippen LogP contribution in [-0.2, 0) is 6.61 Å². The lowest BCUT2D eigenvalue weighted by molar-refractivity contribution is -0.0728. The number of hydrogen-bond acceptors (Lipinski definition) is 3. The molecule has 1 unspecified atom stereocenters. The van der Waals surface area contributed by atoms with E-state index in [0.29, 0.717) is 22.0 Å². The number of amides is 1. The van der Waals surface area contributed by atoms with E-state index in [0.717, 1.165) is 29.9 Å². The zero-order valence-corrected chi connectivity index (χ0v) is 18.3. The summed E-state index contributed by atoms with van der Waals surface area (Å²) in [6.07, 6.45) is 9.09. The summed E-state index contributed by atoms with van der Waals surface area (Å²) in [7, 11) is 0. The first kappa shape index (κ1) is 20.0. The van der Waals surface area contributed by atoms with Crippen LogP contribution >= 0.6 is 11.6 Å². The van der Waals surface area contributed by atoms with Gasteiger partial charge in [0.25, 0.3) is 5.91 Å². The fourth-order valence-electron chi connectivity index (χ4n) is 6.78. The van der Waals surface area contributed by atoms with Gasteiger partial charge in [0.15, 0.2) is 5.76 Å². The number of carbonyl (C=O) groups is 1. The third-order valence-electron chi connectivity index (χ3n) is 7.62. The second-order valence-corrected chi connectivity index (χ2v) is 10.2. The number of carbonyl (C=O) groups excluding carboxylic acids is 1. The van der Waals surface area contributed by atoms with E-state index in [9.17, 15) is 4.79 Å². The fraction of sp³-hybridized carbons (Fsp3) is 0.560. The monoisotopic (exact) mass is 427 g/mol. The minimum atomic E-state index is -0.102. The number of ether oxygens (including phenoxy) is 1. The molecule has 6 rings (SSSR count). The van der Waals surface area contributed by atoms with Crippen LogP contribution in [0.3, 0.4) is 0 Å². The Morgan fingerprint density at radius 2 is 1.73 bits per heavy atom. The Morgan fingerprint density at radius 3 is 2.33 bits per heavy atom. The maximum Gasteiger partial charge on any atom is 0.287 e. The van der Waals surface area contributed by atoms with Crippen molar-refractivity contribution >= 4 is 17.5 Å². The van der Waals surface area contributed by atoms with Gasteiger partial charge in [0.05, 0.1) is 0 Å². The topological polar surface area (TPSA) is 51.5 Å². The van der Waals surface area contributed by atoms with Gasteiger partial charge in [-0.2, -0.15) is 0 Å². The second kappa shape index (κ2) is 7.96. The van der Waals surface area contributed by atoms with Gasteiger partial charge in [-0.1, -0.05) is 18.5 Å². The van der Waals surface area contributed by atoms with Crippen molar-refractivity contribution in [3.8, 4) is 5.75 Å². The maximum absolute atomic E-state index is 13.0. The van der Waals surface area contributed by atoms with E-state index >= 15 is 0 Å². The van der Waals surface area contributed by atoms with Crippen molar-refractivity contribution in [2.24, 2.45) is 23.2 Å². The van der Waals surface area contributed by atoms with Crippen LogP contribution in [-0.4, -0.2) is 11.9 Å². The first-order chi connectivity index (χ1) is 14.5. The number of hydrogen-bond donors (Lipinski definition) is 1. The Morgan fingerprint density at radius 1 is 1.10 bits per heavy atom. The highest BCUT2D eigenvalue weighted by Crippen LogP contribution is 2.61. The third kappa shape index (κ3) is 3.87. The average molecular weight is 428 g/mol. The van der Waals surface area contributed by atoms with E-state index < -0.39 is 0 Å². The molecule has 4 nitrogen and oxygen atoms in total. The van der Waals surface area contributed by atoms with Crippen LogP contribution in [0.15, 0.2) is 40.8 Å². The minimum Gasteiger partial charge on any atom is -0.486 e. The predicted molar refractivity (Wildman–Crippen MR) is 117 cm³/mol. The molecular formula is C25H30ClNO3. The molecule has 1 atom stereocenters. The highest BCUT2D eigenvalue weighted by atomic mass is 35.5. The summed E-state index contributed by atoms with van der Waals surface area (Å²) in [5, 5.41) is 4.02. The van der Waals surface area contributed by atoms with E-state index in [2.05, 4.69) is 12.2 Å². The van der Waals surface area contributed by atoms with Crippen LogP contribution in [0, 0.1) is 23.2 Å². The van der Waals surface area contributed by atoms with Gasteiger partial charge in [-0.3, -0.25) is 4.79 Å². The molecule has 1 N–H and O–H groups in total. The van der Waals surface area contributed by atoms with Crippen LogP contribution in [0.4, 0.5) is 0 Å². The summed E-state index contributed by atoms with van der Waals surface area (Å²) in [6, 6.07) is 11.0. The molecule has 0 spiro atoms. The SMILES string of the molecule is CCC(NC(=O)c1ccc(COc2ccc(Cl)cc2)o1)C12CC3CC(CC(C3)C1)C2. The average Bonchev–Trinajstić information content (AvgIpc) is 3.19. The van der Waals surface area contributed by atoms with Gasteiger partial charge < -0.3 is 14.5 Å². The molecule has 4 aliphatic rings. The quantitative estimate of drug-likeness (QED) is 0.569. The van der Waals surface area contributed by atoms with Crippen molar-refractivity contribution < 1.29 is 13.9 Å². The van der Waals surface area contributed by atoms with E-state index in [4.69, 9.17) is 20.8 Å². The number of halogens is 1. The van der Waals surface area contributed by atoms with Gasteiger partial charge >= 0.3 is 0 Å². The molecule has 1 aromatic carbocycles. The Bertz CT molecular complexity index is 868. The molecule has 0 aliphatic heterocycles. The molecule has 4 saturated carbocycles. The Balaban J connectivity index is 1.22. The second-order valence-electron chi connectivity index (χ2n) is 9.72. The molecule has 160 valence electrons. The van der Waals surface area contributed by atoms with Gasteiger partial charge in [-0.15, -0.1) is 0 Å². The van der Waals surface area contributed by atoms with Gasteiger partial charge in [-0.25, -0.2) is 0 Å². The highest BCUT2D eigenvalue weighted by Gasteiger charge is 2.54. The fourth-order valence-corrected chi connectivity index (χ4v) is 6.91. The molecule has 1 heterocycles. The number of nitrogens with one attached hydrogen (secondary N) is 1. The van der Waals surface area contributed by atoms with Crippen molar-refractivity contribution in [2.75, 3.05) is 0 Å². The zero-order chi connectivity index (χ0) is 20.7. The normalized spacial score (nSPS) is 30.3. The van der Waals surface area contributed by atoms with E-state index in [1.165, 1.54) is 38.5 Å². The Labute approximate surface area is 183 Å². The molecule has 2 aromatic rings. The largest absolute Gasteiger partial charge is 0.486 e. The van der Waals surface area contributed by atoms with Crippen molar-refractivity contribution in [1.29, 1.82) is 0 Å². The van der Waals surface area contributed by atoms with Crippen LogP contribution in [0.25, 0.3) is 0 Å². The van der Waals surface area contributed by atoms with Crippen LogP contribution in [0.1, 0.15) is 68.2 Å². The summed E-state index contributed by atoms with van der Waals surface area (Å²) in [5.74, 6) is 4.25. The molecule has 1 amide bonds. The molecule has 4 bridgehead atoms. The smallest absolute Gasteiger partial charge is 0.287 e. The van der Waals surface area contributed by atoms with Crippen LogP contribution < -0.4 is 10.1 Å². The molecule has 0 saturated heterocycles. The van der Waals surface area contributed by atoms with Crippen LogP contribution in [0.2, 0.25) is 5.02 Å². The first-order valence-electron chi connectivity index (χ1n) is 11.3. The lowest BCUT2D eigenvalue weighted by atomic mass is 9.47. The molecular weight excluding hydrogens is 398 g/mol. The molecule has 30 heavy (non-hydrogen) atoms. The number of furan rings is 1. The first-order valence-corrected chi connectivity index (χ1v) is 11.7. The molecule has 0 radical (unpaired) electrons. The number of rotatable bonds is 7. The van der Waals surface area contributed by atoms with Crippen molar-refractivity contribution in [3.63, 3.8) is 0 Å².